The topological polar surface area (TPSA) is 73.1 Å². The third-order valence-electron chi connectivity index (χ3n) is 2.32. The van der Waals surface area contributed by atoms with Gasteiger partial charge in [-0.1, -0.05) is 12.1 Å². The normalized spacial score (nSPS) is 12.6. The molecule has 2 N–H and O–H groups in total. The molecule has 0 saturated heterocycles. The molecule has 1 atom stereocenters. The molecule has 0 radical (unpaired) electrons. The van der Waals surface area contributed by atoms with Crippen LogP contribution >= 0.6 is 0 Å². The van der Waals surface area contributed by atoms with Gasteiger partial charge in [0.15, 0.2) is 0 Å². The van der Waals surface area contributed by atoms with Gasteiger partial charge in [0.2, 0.25) is 5.91 Å². The van der Waals surface area contributed by atoms with Crippen molar-refractivity contribution in [2.75, 3.05) is 0 Å². The molecule has 1 unspecified atom stereocenters. The molecule has 1 aromatic carbocycles. The molecule has 0 aliphatic carbocycles. The highest BCUT2D eigenvalue weighted by molar-refractivity contribution is 5.82. The first-order chi connectivity index (χ1) is 8.31. The van der Waals surface area contributed by atoms with Crippen LogP contribution in [0.1, 0.15) is 26.3 Å². The Kier molecular flexibility index (Phi) is 4.33. The van der Waals surface area contributed by atoms with Gasteiger partial charge in [-0.25, -0.2) is 0 Å². The third kappa shape index (κ3) is 4.46. The molecule has 0 heterocycles. The number of carbonyl (C=O) groups excluding carboxylic acids is 1. The van der Waals surface area contributed by atoms with E-state index in [0.717, 1.165) is 5.56 Å². The zero-order chi connectivity index (χ0) is 13.8. The maximum atomic E-state index is 11.9. The predicted octanol–water partition coefficient (Wildman–Crippen LogP) is 1.99. The number of nitrogens with one attached hydrogen (secondary N) is 1. The van der Waals surface area contributed by atoms with Crippen molar-refractivity contribution in [1.29, 1.82) is 5.26 Å². The molecular weight excluding hydrogens is 228 g/mol. The van der Waals surface area contributed by atoms with E-state index in [1.807, 2.05) is 26.8 Å². The summed E-state index contributed by atoms with van der Waals surface area (Å²) in [6.45, 7) is 5.61. The monoisotopic (exact) mass is 246 g/mol. The van der Waals surface area contributed by atoms with Crippen molar-refractivity contribution in [1.82, 2.24) is 5.32 Å². The summed E-state index contributed by atoms with van der Waals surface area (Å²) in [7, 11) is 0. The minimum Gasteiger partial charge on any atom is -0.508 e. The minimum absolute atomic E-state index is 0.139. The molecule has 0 fully saturated rings. The van der Waals surface area contributed by atoms with Crippen LogP contribution in [0.15, 0.2) is 24.3 Å². The maximum Gasteiger partial charge on any atom is 0.238 e. The van der Waals surface area contributed by atoms with E-state index >= 15 is 0 Å². The molecule has 0 spiro atoms. The first-order valence-corrected chi connectivity index (χ1v) is 5.81. The van der Waals surface area contributed by atoms with E-state index in [9.17, 15) is 9.90 Å². The van der Waals surface area contributed by atoms with E-state index in [1.54, 1.807) is 24.3 Å². The van der Waals surface area contributed by atoms with Crippen LogP contribution in [0.2, 0.25) is 0 Å². The van der Waals surface area contributed by atoms with Crippen molar-refractivity contribution < 1.29 is 9.90 Å². The second kappa shape index (κ2) is 5.54. The van der Waals surface area contributed by atoms with Crippen LogP contribution in [0.4, 0.5) is 0 Å². The number of nitrogens with zero attached hydrogens (tertiary/aromatic N) is 1. The highest BCUT2D eigenvalue weighted by atomic mass is 16.3. The van der Waals surface area contributed by atoms with Crippen LogP contribution in [0.3, 0.4) is 0 Å². The largest absolute Gasteiger partial charge is 0.508 e. The van der Waals surface area contributed by atoms with Crippen molar-refractivity contribution in [2.45, 2.75) is 32.7 Å². The summed E-state index contributed by atoms with van der Waals surface area (Å²) in [6, 6.07) is 8.60. The summed E-state index contributed by atoms with van der Waals surface area (Å²) in [5, 5.41) is 21.2. The van der Waals surface area contributed by atoms with Crippen molar-refractivity contribution >= 4 is 5.91 Å². The molecule has 1 amide bonds. The Hall–Kier alpha value is -2.02. The lowest BCUT2D eigenvalue weighted by Gasteiger charge is -2.22. The van der Waals surface area contributed by atoms with E-state index in [1.165, 1.54) is 0 Å². The zero-order valence-electron chi connectivity index (χ0n) is 10.9. The molecule has 0 bridgehead atoms. The SMILES string of the molecule is CC(C)(C)NC(=O)C(C#N)Cc1cccc(O)c1. The van der Waals surface area contributed by atoms with E-state index < -0.39 is 5.92 Å². The van der Waals surface area contributed by atoms with Gasteiger partial charge in [0, 0.05) is 5.54 Å². The number of phenolic OH excluding ortho intramolecular Hbond substituents is 1. The van der Waals surface area contributed by atoms with Gasteiger partial charge in [0.25, 0.3) is 0 Å². The summed E-state index contributed by atoms with van der Waals surface area (Å²) in [4.78, 5) is 11.9. The smallest absolute Gasteiger partial charge is 0.238 e. The Morgan fingerprint density at radius 2 is 2.17 bits per heavy atom. The van der Waals surface area contributed by atoms with Crippen molar-refractivity contribution in [3.8, 4) is 11.8 Å². The zero-order valence-corrected chi connectivity index (χ0v) is 10.9. The standard InChI is InChI=1S/C14H18N2O2/c1-14(2,3)16-13(18)11(9-15)7-10-5-4-6-12(17)8-10/h4-6,8,11,17H,7H2,1-3H3,(H,16,18). The van der Waals surface area contributed by atoms with Gasteiger partial charge in [0.05, 0.1) is 6.07 Å². The number of amides is 1. The first-order valence-electron chi connectivity index (χ1n) is 5.81. The lowest BCUT2D eigenvalue weighted by molar-refractivity contribution is -0.124. The number of carbonyl (C=O) groups is 1. The molecule has 0 aliphatic heterocycles. The van der Waals surface area contributed by atoms with Crippen molar-refractivity contribution in [2.24, 2.45) is 5.92 Å². The summed E-state index contributed by atoms with van der Waals surface area (Å²) in [5.74, 6) is -0.889. The number of nitriles is 1. The Morgan fingerprint density at radius 3 is 2.67 bits per heavy atom. The number of hydrogen-bond donors (Lipinski definition) is 2. The Labute approximate surface area is 107 Å². The van der Waals surface area contributed by atoms with Gasteiger partial charge >= 0.3 is 0 Å². The van der Waals surface area contributed by atoms with Gasteiger partial charge in [-0.05, 0) is 44.9 Å². The molecule has 1 rings (SSSR count). The number of rotatable bonds is 3. The molecule has 18 heavy (non-hydrogen) atoms. The summed E-state index contributed by atoms with van der Waals surface area (Å²) in [5.41, 5.74) is 0.413. The number of hydrogen-bond acceptors (Lipinski definition) is 3. The molecule has 0 saturated carbocycles. The highest BCUT2D eigenvalue weighted by Gasteiger charge is 2.22. The van der Waals surface area contributed by atoms with Crippen LogP contribution in [0.25, 0.3) is 0 Å². The number of aromatic hydroxyl groups is 1. The fraction of sp³-hybridized carbons (Fsp3) is 0.429. The van der Waals surface area contributed by atoms with Gasteiger partial charge in [0.1, 0.15) is 11.7 Å². The van der Waals surface area contributed by atoms with Crippen molar-refractivity contribution in [3.05, 3.63) is 29.8 Å². The highest BCUT2D eigenvalue weighted by Crippen LogP contribution is 2.15. The van der Waals surface area contributed by atoms with E-state index in [0.29, 0.717) is 6.42 Å². The minimum atomic E-state index is -0.744. The second-order valence-electron chi connectivity index (χ2n) is 5.29. The van der Waals surface area contributed by atoms with Gasteiger partial charge in [-0.15, -0.1) is 0 Å². The Bertz CT molecular complexity index is 469. The fourth-order valence-corrected chi connectivity index (χ4v) is 1.57. The van der Waals surface area contributed by atoms with Gasteiger partial charge in [-0.2, -0.15) is 5.26 Å². The van der Waals surface area contributed by atoms with Crippen LogP contribution in [-0.4, -0.2) is 16.6 Å². The second-order valence-corrected chi connectivity index (χ2v) is 5.29. The van der Waals surface area contributed by atoms with Gasteiger partial charge < -0.3 is 10.4 Å². The number of benzene rings is 1. The summed E-state index contributed by atoms with van der Waals surface area (Å²) in [6.07, 6.45) is 0.298. The van der Waals surface area contributed by atoms with E-state index in [-0.39, 0.29) is 17.2 Å². The molecular formula is C14H18N2O2. The lowest BCUT2D eigenvalue weighted by Crippen LogP contribution is -2.44. The summed E-state index contributed by atoms with van der Waals surface area (Å²) < 4.78 is 0. The van der Waals surface area contributed by atoms with Crippen LogP contribution < -0.4 is 5.32 Å². The Morgan fingerprint density at radius 1 is 1.50 bits per heavy atom. The molecule has 4 nitrogen and oxygen atoms in total. The van der Waals surface area contributed by atoms with E-state index in [4.69, 9.17) is 5.26 Å². The van der Waals surface area contributed by atoms with E-state index in [2.05, 4.69) is 5.32 Å². The van der Waals surface area contributed by atoms with Gasteiger partial charge in [-0.3, -0.25) is 4.79 Å². The third-order valence-corrected chi connectivity index (χ3v) is 2.32. The maximum absolute atomic E-state index is 11.9. The average molecular weight is 246 g/mol. The van der Waals surface area contributed by atoms with Crippen molar-refractivity contribution in [3.63, 3.8) is 0 Å². The first kappa shape index (κ1) is 14.0. The predicted molar refractivity (Wildman–Crippen MR) is 68.8 cm³/mol. The summed E-state index contributed by atoms with van der Waals surface area (Å²) >= 11 is 0. The molecule has 0 aromatic heterocycles. The molecule has 96 valence electrons. The average Bonchev–Trinajstić information content (AvgIpc) is 2.23. The van der Waals surface area contributed by atoms with Crippen LogP contribution in [0, 0.1) is 17.2 Å². The molecule has 1 aromatic rings. The van der Waals surface area contributed by atoms with Crippen LogP contribution in [0.5, 0.6) is 5.75 Å². The van der Waals surface area contributed by atoms with Crippen LogP contribution in [-0.2, 0) is 11.2 Å². The lowest BCUT2D eigenvalue weighted by atomic mass is 9.98. The fourth-order valence-electron chi connectivity index (χ4n) is 1.57. The quantitative estimate of drug-likeness (QED) is 0.856. The molecule has 0 aliphatic rings. The Balaban J connectivity index is 2.74. The number of phenols is 1. The molecule has 4 heteroatoms.